The summed E-state index contributed by atoms with van der Waals surface area (Å²) in [5, 5.41) is 0.702. The topological polar surface area (TPSA) is 60.9 Å². The quantitative estimate of drug-likeness (QED) is 0.235. The zero-order valence-electron chi connectivity index (χ0n) is 24.8. The van der Waals surface area contributed by atoms with Crippen molar-refractivity contribution in [3.63, 3.8) is 0 Å². The fraction of sp³-hybridized carbons (Fsp3) is 0.406. The molecule has 13 heteroatoms. The summed E-state index contributed by atoms with van der Waals surface area (Å²) in [6.45, 7) is 2.67. The largest absolute Gasteiger partial charge is 0.416 e. The monoisotopic (exact) mass is 685 g/mol. The van der Waals surface area contributed by atoms with Gasteiger partial charge >= 0.3 is 6.18 Å². The summed E-state index contributed by atoms with van der Waals surface area (Å²) in [5.74, 6) is -2.14. The van der Waals surface area contributed by atoms with Gasteiger partial charge in [-0.3, -0.25) is 9.10 Å². The van der Waals surface area contributed by atoms with Gasteiger partial charge in [-0.1, -0.05) is 47.5 Å². The fourth-order valence-electron chi connectivity index (χ4n) is 6.49. The number of benzene rings is 3. The minimum absolute atomic E-state index is 0.142. The third kappa shape index (κ3) is 7.26. The van der Waals surface area contributed by atoms with Gasteiger partial charge in [-0.25, -0.2) is 12.8 Å². The lowest BCUT2D eigenvalue weighted by Gasteiger charge is -2.40. The van der Waals surface area contributed by atoms with Gasteiger partial charge in [-0.15, -0.1) is 0 Å². The Bertz CT molecular complexity index is 1700. The van der Waals surface area contributed by atoms with Crippen molar-refractivity contribution < 1.29 is 30.8 Å². The summed E-state index contributed by atoms with van der Waals surface area (Å²) in [6, 6.07) is 14.7. The Morgan fingerprint density at radius 2 is 1.71 bits per heavy atom. The van der Waals surface area contributed by atoms with Crippen molar-refractivity contribution in [3.8, 4) is 0 Å². The minimum atomic E-state index is -4.80. The first-order valence-corrected chi connectivity index (χ1v) is 17.1. The van der Waals surface area contributed by atoms with Gasteiger partial charge in [-0.2, -0.15) is 13.2 Å². The van der Waals surface area contributed by atoms with Crippen LogP contribution in [-0.2, 0) is 21.6 Å². The molecule has 3 aromatic carbocycles. The van der Waals surface area contributed by atoms with Crippen LogP contribution in [0, 0.1) is 5.82 Å². The van der Waals surface area contributed by atoms with E-state index in [0.29, 0.717) is 41.7 Å². The van der Waals surface area contributed by atoms with Crippen LogP contribution < -0.4 is 4.31 Å². The molecule has 1 saturated heterocycles. The second-order valence-electron chi connectivity index (χ2n) is 12.0. The molecule has 45 heavy (non-hydrogen) atoms. The van der Waals surface area contributed by atoms with Crippen molar-refractivity contribution in [1.82, 2.24) is 9.80 Å². The molecule has 1 amide bonds. The highest BCUT2D eigenvalue weighted by Gasteiger charge is 2.46. The maximum atomic E-state index is 14.1. The summed E-state index contributed by atoms with van der Waals surface area (Å²) in [7, 11) is -1.95. The number of para-hydroxylation sites is 1. The van der Waals surface area contributed by atoms with Crippen molar-refractivity contribution in [2.45, 2.75) is 36.8 Å². The standard InChI is InChI=1S/C32H33Cl2F4N3O3S/c1-39(30(42)23-15-24(32(36,37)38)18-25(35)16-23)19-22(21-7-8-27(33)28(34)17-21)9-12-40-13-10-31(11-14-40)20-41(45(2,43)44)29-6-4-3-5-26(29)31/h3-8,15-18,22H,9-14,19-20H2,1-2H3. The van der Waals surface area contributed by atoms with Crippen molar-refractivity contribution >= 4 is 44.8 Å². The highest BCUT2D eigenvalue weighted by atomic mass is 35.5. The molecule has 0 aliphatic carbocycles. The Morgan fingerprint density at radius 3 is 2.36 bits per heavy atom. The molecular formula is C32H33Cl2F4N3O3S. The number of sulfonamides is 1. The van der Waals surface area contributed by atoms with Crippen LogP contribution in [0.15, 0.2) is 60.7 Å². The Labute approximate surface area is 270 Å². The first-order chi connectivity index (χ1) is 21.1. The van der Waals surface area contributed by atoms with Crippen LogP contribution in [0.3, 0.4) is 0 Å². The summed E-state index contributed by atoms with van der Waals surface area (Å²) >= 11 is 12.5. The molecule has 2 heterocycles. The number of likely N-dealkylation sites (tertiary alicyclic amines) is 1. The van der Waals surface area contributed by atoms with Crippen LogP contribution >= 0.6 is 23.2 Å². The van der Waals surface area contributed by atoms with Gasteiger partial charge in [0, 0.05) is 37.0 Å². The van der Waals surface area contributed by atoms with Crippen LogP contribution in [0.2, 0.25) is 10.0 Å². The van der Waals surface area contributed by atoms with Crippen LogP contribution in [0.1, 0.15) is 52.2 Å². The van der Waals surface area contributed by atoms with E-state index in [0.717, 1.165) is 48.8 Å². The van der Waals surface area contributed by atoms with Crippen molar-refractivity contribution in [1.29, 1.82) is 0 Å². The number of carbonyl (C=O) groups excluding carboxylic acids is 1. The molecule has 0 saturated carbocycles. The summed E-state index contributed by atoms with van der Waals surface area (Å²) in [6.07, 6.45) is -1.44. The van der Waals surface area contributed by atoms with Gasteiger partial charge in [0.2, 0.25) is 10.0 Å². The van der Waals surface area contributed by atoms with E-state index in [1.54, 1.807) is 12.1 Å². The molecule has 1 unspecified atom stereocenters. The smallest absolute Gasteiger partial charge is 0.341 e. The number of rotatable bonds is 8. The number of anilines is 1. The second kappa shape index (κ2) is 12.7. The number of piperidine rings is 1. The maximum absolute atomic E-state index is 14.1. The number of hydrogen-bond donors (Lipinski definition) is 0. The SMILES string of the molecule is CN(CC(CCN1CCC2(CC1)CN(S(C)(=O)=O)c1ccccc12)c1ccc(Cl)c(Cl)c1)C(=O)c1cc(F)cc(C(F)(F)F)c1. The molecule has 0 N–H and O–H groups in total. The van der Waals surface area contributed by atoms with E-state index in [-0.39, 0.29) is 23.4 Å². The number of likely N-dealkylation sites (N-methyl/N-ethyl adjacent to an activating group) is 1. The predicted octanol–water partition coefficient (Wildman–Crippen LogP) is 7.21. The lowest BCUT2D eigenvalue weighted by molar-refractivity contribution is -0.137. The van der Waals surface area contributed by atoms with Crippen molar-refractivity contribution in [3.05, 3.63) is 98.8 Å². The number of alkyl halides is 3. The van der Waals surface area contributed by atoms with Crippen LogP contribution in [0.5, 0.6) is 0 Å². The van der Waals surface area contributed by atoms with Crippen molar-refractivity contribution in [2.75, 3.05) is 50.3 Å². The van der Waals surface area contributed by atoms with E-state index in [4.69, 9.17) is 23.2 Å². The molecule has 0 bridgehead atoms. The molecule has 1 spiro atoms. The third-order valence-corrected chi connectivity index (χ3v) is 10.8. The molecule has 3 aromatic rings. The van der Waals surface area contributed by atoms with E-state index in [1.807, 2.05) is 30.3 Å². The predicted molar refractivity (Wildman–Crippen MR) is 168 cm³/mol. The summed E-state index contributed by atoms with van der Waals surface area (Å²) in [4.78, 5) is 16.8. The molecular weight excluding hydrogens is 653 g/mol. The first kappa shape index (κ1) is 33.5. The van der Waals surface area contributed by atoms with E-state index in [2.05, 4.69) is 4.90 Å². The second-order valence-corrected chi connectivity index (χ2v) is 14.7. The molecule has 0 radical (unpaired) electrons. The van der Waals surface area contributed by atoms with Gasteiger partial charge < -0.3 is 9.80 Å². The maximum Gasteiger partial charge on any atom is 0.416 e. The number of nitrogens with zero attached hydrogens (tertiary/aromatic N) is 3. The normalized spacial score (nSPS) is 17.4. The Morgan fingerprint density at radius 1 is 1.02 bits per heavy atom. The van der Waals surface area contributed by atoms with Crippen molar-refractivity contribution in [2.24, 2.45) is 0 Å². The van der Waals surface area contributed by atoms with E-state index in [1.165, 1.54) is 22.5 Å². The Balaban J connectivity index is 1.30. The van der Waals surface area contributed by atoms with Gasteiger partial charge in [0.1, 0.15) is 5.82 Å². The molecule has 0 aromatic heterocycles. The fourth-order valence-corrected chi connectivity index (χ4v) is 7.80. The summed E-state index contributed by atoms with van der Waals surface area (Å²) in [5.41, 5.74) is 0.705. The highest BCUT2D eigenvalue weighted by molar-refractivity contribution is 7.92. The molecule has 242 valence electrons. The molecule has 6 nitrogen and oxygen atoms in total. The van der Waals surface area contributed by atoms with E-state index < -0.39 is 33.5 Å². The molecule has 5 rings (SSSR count). The molecule has 2 aliphatic heterocycles. The lowest BCUT2D eigenvalue weighted by Crippen LogP contribution is -2.46. The number of hydrogen-bond acceptors (Lipinski definition) is 4. The van der Waals surface area contributed by atoms with Gasteiger partial charge in [-0.05, 0) is 86.4 Å². The van der Waals surface area contributed by atoms with E-state index >= 15 is 0 Å². The van der Waals surface area contributed by atoms with E-state index in [9.17, 15) is 30.8 Å². The number of fused-ring (bicyclic) bond motifs is 2. The van der Waals surface area contributed by atoms with Crippen LogP contribution in [-0.4, -0.2) is 70.2 Å². The number of amides is 1. The lowest BCUT2D eigenvalue weighted by atomic mass is 9.74. The number of halogens is 6. The molecule has 2 aliphatic rings. The van der Waals surface area contributed by atoms with Gasteiger partial charge in [0.15, 0.2) is 0 Å². The first-order valence-electron chi connectivity index (χ1n) is 14.5. The van der Waals surface area contributed by atoms with Gasteiger partial charge in [0.25, 0.3) is 5.91 Å². The Hall–Kier alpha value is -2.86. The minimum Gasteiger partial charge on any atom is -0.341 e. The number of carbonyl (C=O) groups is 1. The molecule has 1 atom stereocenters. The summed E-state index contributed by atoms with van der Waals surface area (Å²) < 4.78 is 80.5. The van der Waals surface area contributed by atoms with Gasteiger partial charge in [0.05, 0.1) is 27.6 Å². The van der Waals surface area contributed by atoms with Crippen LogP contribution in [0.25, 0.3) is 0 Å². The zero-order chi connectivity index (χ0) is 32.7. The Kier molecular flexibility index (Phi) is 9.48. The zero-order valence-corrected chi connectivity index (χ0v) is 27.1. The average Bonchev–Trinajstić information content (AvgIpc) is 3.31. The molecule has 1 fully saturated rings. The third-order valence-electron chi connectivity index (χ3n) is 8.93. The van der Waals surface area contributed by atoms with Crippen LogP contribution in [0.4, 0.5) is 23.2 Å². The highest BCUT2D eigenvalue weighted by Crippen LogP contribution is 2.48. The average molecular weight is 687 g/mol.